The molecule has 9 heteroatoms. The van der Waals surface area contributed by atoms with Crippen molar-refractivity contribution in [2.45, 2.75) is 32.1 Å². The number of nitrogens with zero attached hydrogens (tertiary/aromatic N) is 1. The number of carbonyl (C=O) groups is 2. The lowest BCUT2D eigenvalue weighted by Crippen LogP contribution is -2.21. The Kier molecular flexibility index (Phi) is 4.89. The van der Waals surface area contributed by atoms with E-state index in [-0.39, 0.29) is 12.1 Å². The second-order valence-electron chi connectivity index (χ2n) is 4.75. The monoisotopic (exact) mass is 337 g/mol. The van der Waals surface area contributed by atoms with E-state index in [1.165, 1.54) is 0 Å². The number of hydrogen-bond acceptors (Lipinski definition) is 3. The van der Waals surface area contributed by atoms with Crippen LogP contribution in [0.5, 0.6) is 0 Å². The van der Waals surface area contributed by atoms with Gasteiger partial charge in [0.25, 0.3) is 0 Å². The predicted molar refractivity (Wildman–Crippen MR) is 65.3 cm³/mol. The number of carbonyl (C=O) groups excluding carboxylic acids is 2. The molecular formula is C14H9F6NO2. The van der Waals surface area contributed by atoms with Gasteiger partial charge in [-0.15, -0.1) is 0 Å². The Balaban J connectivity index is 3.87. The van der Waals surface area contributed by atoms with Gasteiger partial charge in [0.2, 0.25) is 0 Å². The number of Topliss-reactive ketones (excluding diaryl/α,β-unsaturated/α-hetero) is 2. The fraction of sp³-hybridized carbons (Fsp3) is 0.357. The summed E-state index contributed by atoms with van der Waals surface area (Å²) in [5.41, 5.74) is -6.02. The van der Waals surface area contributed by atoms with Gasteiger partial charge in [0.05, 0.1) is 16.7 Å². The van der Waals surface area contributed by atoms with Crippen LogP contribution in [0.25, 0.3) is 0 Å². The molecule has 1 rings (SSSR count). The third kappa shape index (κ3) is 3.88. The molecular weight excluding hydrogens is 328 g/mol. The fourth-order valence-corrected chi connectivity index (χ4v) is 2.15. The van der Waals surface area contributed by atoms with Gasteiger partial charge in [0.1, 0.15) is 23.6 Å². The van der Waals surface area contributed by atoms with Crippen molar-refractivity contribution in [3.63, 3.8) is 0 Å². The van der Waals surface area contributed by atoms with Crippen molar-refractivity contribution in [3.8, 4) is 6.07 Å². The smallest absolute Gasteiger partial charge is 0.299 e. The Morgan fingerprint density at radius 3 is 1.52 bits per heavy atom. The molecule has 0 unspecified atom stereocenters. The van der Waals surface area contributed by atoms with Crippen LogP contribution in [0.2, 0.25) is 0 Å². The van der Waals surface area contributed by atoms with Crippen molar-refractivity contribution in [2.75, 3.05) is 0 Å². The molecule has 0 fully saturated rings. The van der Waals surface area contributed by atoms with Gasteiger partial charge in [0, 0.05) is 0 Å². The number of halogens is 6. The van der Waals surface area contributed by atoms with Gasteiger partial charge in [0.15, 0.2) is 0 Å². The Hall–Kier alpha value is -2.37. The maximum Gasteiger partial charge on any atom is 0.417 e. The van der Waals surface area contributed by atoms with Gasteiger partial charge in [-0.05, 0) is 31.5 Å². The summed E-state index contributed by atoms with van der Waals surface area (Å²) in [4.78, 5) is 22.8. The molecule has 0 aliphatic carbocycles. The minimum Gasteiger partial charge on any atom is -0.299 e. The molecule has 0 atom stereocenters. The number of rotatable bonds is 3. The summed E-state index contributed by atoms with van der Waals surface area (Å²) in [7, 11) is 0. The van der Waals surface area contributed by atoms with Crippen LogP contribution >= 0.6 is 0 Å². The molecule has 0 saturated heterocycles. The summed E-state index contributed by atoms with van der Waals surface area (Å²) >= 11 is 0. The average molecular weight is 337 g/mol. The van der Waals surface area contributed by atoms with Crippen molar-refractivity contribution in [1.82, 2.24) is 0 Å². The van der Waals surface area contributed by atoms with E-state index in [0.717, 1.165) is 19.9 Å². The maximum absolute atomic E-state index is 13.0. The number of nitriles is 1. The molecule has 0 bridgehead atoms. The van der Waals surface area contributed by atoms with Gasteiger partial charge in [-0.2, -0.15) is 31.6 Å². The van der Waals surface area contributed by atoms with Gasteiger partial charge >= 0.3 is 12.4 Å². The largest absolute Gasteiger partial charge is 0.417 e. The Morgan fingerprint density at radius 2 is 1.30 bits per heavy atom. The zero-order valence-corrected chi connectivity index (χ0v) is 11.8. The quantitative estimate of drug-likeness (QED) is 0.622. The highest BCUT2D eigenvalue weighted by molar-refractivity contribution is 6.05. The van der Waals surface area contributed by atoms with Crippen LogP contribution in [0.1, 0.15) is 42.0 Å². The number of alkyl halides is 6. The van der Waals surface area contributed by atoms with Crippen LogP contribution in [-0.2, 0) is 21.9 Å². The molecule has 3 nitrogen and oxygen atoms in total. The molecule has 1 aromatic carbocycles. The molecule has 0 spiro atoms. The predicted octanol–water partition coefficient (Wildman–Crippen LogP) is 3.86. The van der Waals surface area contributed by atoms with Crippen LogP contribution in [0.15, 0.2) is 12.1 Å². The first-order valence-corrected chi connectivity index (χ1v) is 6.04. The maximum atomic E-state index is 13.0. The van der Waals surface area contributed by atoms with E-state index in [1.807, 2.05) is 0 Å². The van der Waals surface area contributed by atoms with Gasteiger partial charge < -0.3 is 0 Å². The van der Waals surface area contributed by atoms with Crippen LogP contribution in [0.3, 0.4) is 0 Å². The highest BCUT2D eigenvalue weighted by atomic mass is 19.4. The third-order valence-electron chi connectivity index (χ3n) is 3.03. The Morgan fingerprint density at radius 1 is 0.957 bits per heavy atom. The van der Waals surface area contributed by atoms with Crippen LogP contribution < -0.4 is 0 Å². The summed E-state index contributed by atoms with van der Waals surface area (Å²) in [6.45, 7) is 1.76. The van der Waals surface area contributed by atoms with Gasteiger partial charge in [-0.25, -0.2) is 0 Å². The molecule has 0 amide bonds. The highest BCUT2D eigenvalue weighted by Gasteiger charge is 2.42. The van der Waals surface area contributed by atoms with Crippen LogP contribution in [-0.4, -0.2) is 11.6 Å². The van der Waals surface area contributed by atoms with E-state index in [9.17, 15) is 35.9 Å². The summed E-state index contributed by atoms with van der Waals surface area (Å²) in [6, 6.07) is 1.37. The molecule has 0 aliphatic rings. The fourth-order valence-electron chi connectivity index (χ4n) is 2.15. The first kappa shape index (κ1) is 18.7. The van der Waals surface area contributed by atoms with Crippen molar-refractivity contribution < 1.29 is 35.9 Å². The van der Waals surface area contributed by atoms with Crippen LogP contribution in [0, 0.1) is 11.3 Å². The summed E-state index contributed by atoms with van der Waals surface area (Å²) < 4.78 is 77.8. The molecule has 1 aromatic rings. The lowest BCUT2D eigenvalue weighted by molar-refractivity contribution is -0.144. The Bertz CT molecular complexity index is 648. The van der Waals surface area contributed by atoms with E-state index in [2.05, 4.69) is 0 Å². The van der Waals surface area contributed by atoms with Crippen molar-refractivity contribution in [1.29, 1.82) is 5.26 Å². The molecule has 23 heavy (non-hydrogen) atoms. The number of ketones is 2. The second-order valence-corrected chi connectivity index (χ2v) is 4.75. The first-order valence-electron chi connectivity index (χ1n) is 6.04. The zero-order valence-electron chi connectivity index (χ0n) is 11.8. The van der Waals surface area contributed by atoms with Gasteiger partial charge in [-0.3, -0.25) is 9.59 Å². The summed E-state index contributed by atoms with van der Waals surface area (Å²) in [5, 5.41) is 8.69. The second kappa shape index (κ2) is 6.02. The molecule has 0 N–H and O–H groups in total. The van der Waals surface area contributed by atoms with E-state index >= 15 is 0 Å². The summed E-state index contributed by atoms with van der Waals surface area (Å²) in [6.07, 6.45) is -10.5. The van der Waals surface area contributed by atoms with Gasteiger partial charge in [-0.1, -0.05) is 0 Å². The number of hydrogen-bond donors (Lipinski definition) is 0. The van der Waals surface area contributed by atoms with Crippen molar-refractivity contribution in [2.24, 2.45) is 0 Å². The van der Waals surface area contributed by atoms with Crippen molar-refractivity contribution >= 4 is 11.6 Å². The van der Waals surface area contributed by atoms with E-state index in [0.29, 0.717) is 0 Å². The SMILES string of the molecule is CC(=O)C(C(C)=O)c1cc(C(F)(F)F)c(C#N)c(C(F)(F)F)c1. The molecule has 0 heterocycles. The third-order valence-corrected chi connectivity index (χ3v) is 3.03. The molecule has 0 aliphatic heterocycles. The van der Waals surface area contributed by atoms with E-state index in [4.69, 9.17) is 5.26 Å². The highest BCUT2D eigenvalue weighted by Crippen LogP contribution is 2.41. The Labute approximate surface area is 126 Å². The molecule has 0 aromatic heterocycles. The molecule has 0 saturated carbocycles. The lowest BCUT2D eigenvalue weighted by Gasteiger charge is -2.19. The minimum absolute atomic E-state index is 0.237. The van der Waals surface area contributed by atoms with E-state index < -0.39 is 52.1 Å². The van der Waals surface area contributed by atoms with Crippen molar-refractivity contribution in [3.05, 3.63) is 34.4 Å². The van der Waals surface area contributed by atoms with E-state index in [1.54, 1.807) is 0 Å². The normalized spacial score (nSPS) is 12.2. The summed E-state index contributed by atoms with van der Waals surface area (Å²) in [5.74, 6) is -3.56. The minimum atomic E-state index is -5.25. The number of benzene rings is 1. The topological polar surface area (TPSA) is 57.9 Å². The first-order chi connectivity index (χ1) is 10.3. The molecule has 0 radical (unpaired) electrons. The lowest BCUT2D eigenvalue weighted by atomic mass is 9.87. The standard InChI is InChI=1S/C14H9F6NO2/c1-6(22)12(7(2)23)8-3-10(13(15,16)17)9(5-21)11(4-8)14(18,19)20/h3-4,12H,1-2H3. The zero-order chi connectivity index (χ0) is 18.2. The molecule has 124 valence electrons. The average Bonchev–Trinajstić information content (AvgIpc) is 2.34. The van der Waals surface area contributed by atoms with Crippen LogP contribution in [0.4, 0.5) is 26.3 Å².